The largest absolute Gasteiger partial charge is 0.309 e. The van der Waals surface area contributed by atoms with Crippen LogP contribution >= 0.6 is 11.3 Å². The van der Waals surface area contributed by atoms with E-state index in [2.05, 4.69) is 54.7 Å². The molecule has 0 spiro atoms. The van der Waals surface area contributed by atoms with Crippen molar-refractivity contribution in [2.45, 2.75) is 38.8 Å². The van der Waals surface area contributed by atoms with E-state index in [4.69, 9.17) is 0 Å². The van der Waals surface area contributed by atoms with E-state index in [-0.39, 0.29) is 0 Å². The summed E-state index contributed by atoms with van der Waals surface area (Å²) < 4.78 is 0. The lowest BCUT2D eigenvalue weighted by Gasteiger charge is -2.11. The second-order valence-corrected chi connectivity index (χ2v) is 6.76. The Hall–Kier alpha value is -1.12. The van der Waals surface area contributed by atoms with Crippen LogP contribution in [0, 0.1) is 5.92 Å². The maximum absolute atomic E-state index is 3.65. The van der Waals surface area contributed by atoms with Gasteiger partial charge in [-0.25, -0.2) is 0 Å². The summed E-state index contributed by atoms with van der Waals surface area (Å²) in [6, 6.07) is 15.8. The number of rotatable bonds is 6. The molecular weight excluding hydrogens is 250 g/mol. The predicted octanol–water partition coefficient (Wildman–Crippen LogP) is 4.69. The van der Waals surface area contributed by atoms with Crippen molar-refractivity contribution in [2.75, 3.05) is 0 Å². The smallest absolute Gasteiger partial charge is 0.0346 e. The van der Waals surface area contributed by atoms with E-state index < -0.39 is 0 Å². The zero-order chi connectivity index (χ0) is 13.1. The maximum Gasteiger partial charge on any atom is 0.0346 e. The van der Waals surface area contributed by atoms with Gasteiger partial charge in [-0.1, -0.05) is 43.2 Å². The molecule has 0 radical (unpaired) electrons. The van der Waals surface area contributed by atoms with Crippen molar-refractivity contribution in [2.24, 2.45) is 5.92 Å². The van der Waals surface area contributed by atoms with Gasteiger partial charge in [0.15, 0.2) is 0 Å². The van der Waals surface area contributed by atoms with Gasteiger partial charge in [0.2, 0.25) is 0 Å². The third-order valence-electron chi connectivity index (χ3n) is 3.73. The molecule has 0 amide bonds. The Morgan fingerprint density at radius 1 is 1.16 bits per heavy atom. The van der Waals surface area contributed by atoms with Gasteiger partial charge in [0.05, 0.1) is 0 Å². The lowest BCUT2D eigenvalue weighted by molar-refractivity contribution is 0.490. The summed E-state index contributed by atoms with van der Waals surface area (Å²) in [4.78, 5) is 2.80. The molecule has 2 heteroatoms. The average Bonchev–Trinajstić information content (AvgIpc) is 3.12. The van der Waals surface area contributed by atoms with Crippen LogP contribution in [-0.4, -0.2) is 6.04 Å². The fraction of sp³-hybridized carbons (Fsp3) is 0.412. The number of benzene rings is 1. The Bertz CT molecular complexity index is 513. The van der Waals surface area contributed by atoms with Crippen molar-refractivity contribution in [3.05, 3.63) is 47.3 Å². The molecule has 1 aromatic heterocycles. The van der Waals surface area contributed by atoms with Gasteiger partial charge >= 0.3 is 0 Å². The molecule has 1 nitrogen and oxygen atoms in total. The summed E-state index contributed by atoms with van der Waals surface area (Å²) in [5.41, 5.74) is 1.32. The maximum atomic E-state index is 3.65. The highest BCUT2D eigenvalue weighted by Gasteiger charge is 2.23. The van der Waals surface area contributed by atoms with Gasteiger partial charge < -0.3 is 5.32 Å². The molecule has 1 saturated carbocycles. The van der Waals surface area contributed by atoms with Crippen LogP contribution in [-0.2, 0) is 6.54 Å². The fourth-order valence-corrected chi connectivity index (χ4v) is 3.41. The molecule has 1 fully saturated rings. The number of hydrogen-bond donors (Lipinski definition) is 1. The van der Waals surface area contributed by atoms with E-state index in [1.165, 1.54) is 34.6 Å². The van der Waals surface area contributed by atoms with Gasteiger partial charge in [0, 0.05) is 22.3 Å². The van der Waals surface area contributed by atoms with Gasteiger partial charge in [0.1, 0.15) is 0 Å². The zero-order valence-corrected chi connectivity index (χ0v) is 12.2. The normalized spacial score (nSPS) is 16.5. The van der Waals surface area contributed by atoms with Crippen LogP contribution in [0.2, 0.25) is 0 Å². The Morgan fingerprint density at radius 2 is 1.95 bits per heavy atom. The summed E-state index contributed by atoms with van der Waals surface area (Å²) in [6.07, 6.45) is 4.24. The molecule has 1 aliphatic carbocycles. The topological polar surface area (TPSA) is 12.0 Å². The molecule has 0 aliphatic heterocycles. The predicted molar refractivity (Wildman–Crippen MR) is 83.4 cm³/mol. The molecule has 1 aliphatic rings. The van der Waals surface area contributed by atoms with Gasteiger partial charge in [0.25, 0.3) is 0 Å². The molecule has 0 bridgehead atoms. The monoisotopic (exact) mass is 271 g/mol. The minimum absolute atomic E-state index is 0.648. The molecule has 1 atom stereocenters. The van der Waals surface area contributed by atoms with Crippen LogP contribution in [0.25, 0.3) is 10.4 Å². The molecule has 1 aromatic carbocycles. The first kappa shape index (κ1) is 12.9. The van der Waals surface area contributed by atoms with Gasteiger partial charge in [-0.05, 0) is 37.0 Å². The molecular formula is C17H21NS. The highest BCUT2D eigenvalue weighted by Crippen LogP contribution is 2.33. The molecule has 19 heavy (non-hydrogen) atoms. The molecule has 3 rings (SSSR count). The van der Waals surface area contributed by atoms with Crippen molar-refractivity contribution in [3.8, 4) is 10.4 Å². The lowest BCUT2D eigenvalue weighted by Crippen LogP contribution is -2.25. The van der Waals surface area contributed by atoms with E-state index in [9.17, 15) is 0 Å². The Kier molecular flexibility index (Phi) is 4.00. The van der Waals surface area contributed by atoms with Crippen molar-refractivity contribution in [3.63, 3.8) is 0 Å². The summed E-state index contributed by atoms with van der Waals surface area (Å²) >= 11 is 1.90. The molecule has 1 unspecified atom stereocenters. The minimum atomic E-state index is 0.648. The third kappa shape index (κ3) is 3.68. The second-order valence-electron chi connectivity index (χ2n) is 5.59. The fourth-order valence-electron chi connectivity index (χ4n) is 2.44. The third-order valence-corrected chi connectivity index (χ3v) is 4.86. The van der Waals surface area contributed by atoms with Crippen molar-refractivity contribution >= 4 is 11.3 Å². The second kappa shape index (κ2) is 5.89. The van der Waals surface area contributed by atoms with Crippen LogP contribution in [0.5, 0.6) is 0 Å². The highest BCUT2D eigenvalue weighted by molar-refractivity contribution is 7.15. The molecule has 100 valence electrons. The SMILES string of the molecule is CC(CC1CC1)NCc1ccc(-c2ccccc2)s1. The first-order chi connectivity index (χ1) is 9.31. The summed E-state index contributed by atoms with van der Waals surface area (Å²) in [5, 5.41) is 3.65. The summed E-state index contributed by atoms with van der Waals surface area (Å²) in [6.45, 7) is 3.31. The van der Waals surface area contributed by atoms with Gasteiger partial charge in [-0.2, -0.15) is 0 Å². The van der Waals surface area contributed by atoms with Crippen LogP contribution in [0.1, 0.15) is 31.1 Å². The molecule has 1 N–H and O–H groups in total. The minimum Gasteiger partial charge on any atom is -0.309 e. The van der Waals surface area contributed by atoms with E-state index in [0.29, 0.717) is 6.04 Å². The van der Waals surface area contributed by atoms with Gasteiger partial charge in [-0.3, -0.25) is 0 Å². The Balaban J connectivity index is 1.55. The lowest BCUT2D eigenvalue weighted by atomic mass is 10.1. The van der Waals surface area contributed by atoms with Crippen LogP contribution < -0.4 is 5.32 Å². The first-order valence-electron chi connectivity index (χ1n) is 7.19. The number of hydrogen-bond acceptors (Lipinski definition) is 2. The van der Waals surface area contributed by atoms with Crippen LogP contribution in [0.4, 0.5) is 0 Å². The standard InChI is InChI=1S/C17H21NS/c1-13(11-14-7-8-14)18-12-16-9-10-17(19-16)15-5-3-2-4-6-15/h2-6,9-10,13-14,18H,7-8,11-12H2,1H3. The van der Waals surface area contributed by atoms with Crippen molar-refractivity contribution in [1.29, 1.82) is 0 Å². The van der Waals surface area contributed by atoms with Crippen molar-refractivity contribution in [1.82, 2.24) is 5.32 Å². The van der Waals surface area contributed by atoms with Crippen LogP contribution in [0.15, 0.2) is 42.5 Å². The van der Waals surface area contributed by atoms with Gasteiger partial charge in [-0.15, -0.1) is 11.3 Å². The zero-order valence-electron chi connectivity index (χ0n) is 11.4. The van der Waals surface area contributed by atoms with E-state index in [0.717, 1.165) is 12.5 Å². The molecule has 1 heterocycles. The Labute approximate surface area is 119 Å². The summed E-state index contributed by atoms with van der Waals surface area (Å²) in [7, 11) is 0. The first-order valence-corrected chi connectivity index (χ1v) is 8.00. The van der Waals surface area contributed by atoms with E-state index in [1.807, 2.05) is 11.3 Å². The average molecular weight is 271 g/mol. The Morgan fingerprint density at radius 3 is 2.68 bits per heavy atom. The highest BCUT2D eigenvalue weighted by atomic mass is 32.1. The molecule has 2 aromatic rings. The van der Waals surface area contributed by atoms with E-state index in [1.54, 1.807) is 0 Å². The quantitative estimate of drug-likeness (QED) is 0.803. The number of nitrogens with one attached hydrogen (secondary N) is 1. The van der Waals surface area contributed by atoms with Crippen LogP contribution in [0.3, 0.4) is 0 Å². The summed E-state index contributed by atoms with van der Waals surface area (Å²) in [5.74, 6) is 1.01. The van der Waals surface area contributed by atoms with E-state index >= 15 is 0 Å². The number of thiophene rings is 1. The van der Waals surface area contributed by atoms with Crippen molar-refractivity contribution < 1.29 is 0 Å². The molecule has 0 saturated heterocycles.